The Bertz CT molecular complexity index is 845. The number of nitrogens with two attached hydrogens (primary N) is 1. The molecule has 2 N–H and O–H groups in total. The molecule has 0 unspecified atom stereocenters. The first-order chi connectivity index (χ1) is 11.3. The number of nitro benzene ring substituents is 1. The number of nitrogens with zero attached hydrogens (tertiary/aromatic N) is 1. The van der Waals surface area contributed by atoms with E-state index in [1.807, 2.05) is 26.0 Å². The molecule has 7 heteroatoms. The molecule has 0 aliphatic carbocycles. The van der Waals surface area contributed by atoms with Crippen molar-refractivity contribution in [3.8, 4) is 17.2 Å². The number of hydrogen-bond acceptors (Lipinski definition) is 5. The fraction of sp³-hybridized carbons (Fsp3) is 0.235. The van der Waals surface area contributed by atoms with Gasteiger partial charge in [0.25, 0.3) is 0 Å². The summed E-state index contributed by atoms with van der Waals surface area (Å²) in [5, 5.41) is 11.3. The molecular weight excluding hydrogens is 312 g/mol. The number of carbonyl (C=O) groups excluding carboxylic acids is 1. The van der Waals surface area contributed by atoms with Crippen LogP contribution in [0.15, 0.2) is 36.4 Å². The van der Waals surface area contributed by atoms with Crippen LogP contribution in [0.4, 0.5) is 5.69 Å². The normalized spacial score (nSPS) is 14.6. The van der Waals surface area contributed by atoms with Crippen molar-refractivity contribution in [2.24, 2.45) is 5.73 Å². The fourth-order valence-corrected chi connectivity index (χ4v) is 2.69. The van der Waals surface area contributed by atoms with E-state index >= 15 is 0 Å². The fourth-order valence-electron chi connectivity index (χ4n) is 2.69. The Kier molecular flexibility index (Phi) is 3.63. The lowest BCUT2D eigenvalue weighted by Gasteiger charge is -2.18. The molecule has 0 radical (unpaired) electrons. The van der Waals surface area contributed by atoms with Gasteiger partial charge in [0, 0.05) is 23.6 Å². The Labute approximate surface area is 138 Å². The molecule has 2 aromatic rings. The van der Waals surface area contributed by atoms with Crippen LogP contribution in [0.3, 0.4) is 0 Å². The Hall–Kier alpha value is -3.09. The van der Waals surface area contributed by atoms with Crippen molar-refractivity contribution in [2.75, 3.05) is 0 Å². The minimum atomic E-state index is -0.740. The highest BCUT2D eigenvalue weighted by atomic mass is 16.6. The van der Waals surface area contributed by atoms with Crippen LogP contribution >= 0.6 is 0 Å². The van der Waals surface area contributed by atoms with E-state index in [-0.39, 0.29) is 22.6 Å². The summed E-state index contributed by atoms with van der Waals surface area (Å²) in [5.41, 5.74) is 5.50. The van der Waals surface area contributed by atoms with Crippen molar-refractivity contribution in [3.63, 3.8) is 0 Å². The van der Waals surface area contributed by atoms with Gasteiger partial charge in [-0.15, -0.1) is 0 Å². The highest BCUT2D eigenvalue weighted by Gasteiger charge is 2.33. The zero-order valence-corrected chi connectivity index (χ0v) is 13.2. The maximum Gasteiger partial charge on any atom is 0.312 e. The topological polar surface area (TPSA) is 105 Å². The third kappa shape index (κ3) is 2.88. The molecule has 0 atom stereocenters. The predicted molar refractivity (Wildman–Crippen MR) is 86.5 cm³/mol. The summed E-state index contributed by atoms with van der Waals surface area (Å²) in [6.07, 6.45) is 0.724. The van der Waals surface area contributed by atoms with Crippen molar-refractivity contribution in [1.29, 1.82) is 0 Å². The smallest absolute Gasteiger partial charge is 0.312 e. The van der Waals surface area contributed by atoms with E-state index in [4.69, 9.17) is 15.2 Å². The first-order valence-corrected chi connectivity index (χ1v) is 7.34. The summed E-state index contributed by atoms with van der Waals surface area (Å²) < 4.78 is 11.6. The van der Waals surface area contributed by atoms with Crippen molar-refractivity contribution < 1.29 is 19.2 Å². The maximum atomic E-state index is 11.3. The lowest BCUT2D eigenvalue weighted by molar-refractivity contribution is -0.385. The van der Waals surface area contributed by atoms with Crippen molar-refractivity contribution >= 4 is 11.6 Å². The number of carbonyl (C=O) groups is 1. The third-order valence-corrected chi connectivity index (χ3v) is 3.72. The maximum absolute atomic E-state index is 11.3. The van der Waals surface area contributed by atoms with E-state index in [2.05, 4.69) is 0 Å². The summed E-state index contributed by atoms with van der Waals surface area (Å²) >= 11 is 0. The van der Waals surface area contributed by atoms with Gasteiger partial charge in [0.1, 0.15) is 5.60 Å². The second-order valence-corrected chi connectivity index (χ2v) is 6.19. The number of amides is 1. The van der Waals surface area contributed by atoms with Gasteiger partial charge in [0.05, 0.1) is 4.92 Å². The average molecular weight is 328 g/mol. The molecule has 0 saturated carbocycles. The first-order valence-electron chi connectivity index (χ1n) is 7.34. The third-order valence-electron chi connectivity index (χ3n) is 3.72. The zero-order valence-electron chi connectivity index (χ0n) is 13.2. The Morgan fingerprint density at radius 3 is 2.71 bits per heavy atom. The van der Waals surface area contributed by atoms with Crippen LogP contribution < -0.4 is 15.2 Å². The van der Waals surface area contributed by atoms with E-state index in [1.165, 1.54) is 12.1 Å². The second-order valence-electron chi connectivity index (χ2n) is 6.19. The summed E-state index contributed by atoms with van der Waals surface area (Å²) in [5.74, 6) is 0.255. The van der Waals surface area contributed by atoms with Crippen molar-refractivity contribution in [1.82, 2.24) is 0 Å². The van der Waals surface area contributed by atoms with Gasteiger partial charge < -0.3 is 15.2 Å². The van der Waals surface area contributed by atoms with E-state index < -0.39 is 10.8 Å². The molecule has 2 aromatic carbocycles. The molecule has 1 amide bonds. The Balaban J connectivity index is 2.00. The molecule has 0 aromatic heterocycles. The van der Waals surface area contributed by atoms with Crippen LogP contribution in [0.1, 0.15) is 29.8 Å². The van der Waals surface area contributed by atoms with E-state index in [1.54, 1.807) is 6.07 Å². The monoisotopic (exact) mass is 328 g/mol. The number of fused-ring (bicyclic) bond motifs is 1. The molecule has 0 spiro atoms. The molecule has 7 nitrogen and oxygen atoms in total. The minimum absolute atomic E-state index is 0.0201. The lowest BCUT2D eigenvalue weighted by Crippen LogP contribution is -2.24. The number of benzene rings is 2. The average Bonchev–Trinajstić information content (AvgIpc) is 2.82. The number of ether oxygens (including phenoxy) is 2. The van der Waals surface area contributed by atoms with Crippen molar-refractivity contribution in [2.45, 2.75) is 25.9 Å². The SMILES string of the molecule is CC1(C)Cc2cccc(Oc3ccc(C(N)=O)cc3[N+](=O)[O-])c2O1. The standard InChI is InChI=1S/C17H16N2O5/c1-17(2)9-11-4-3-5-14(15(11)24-17)23-13-7-6-10(16(18)20)8-12(13)19(21)22/h3-8H,9H2,1-2H3,(H2,18,20). The zero-order chi connectivity index (χ0) is 17.5. The molecule has 24 heavy (non-hydrogen) atoms. The van der Waals surface area contributed by atoms with Crippen LogP contribution in [0.2, 0.25) is 0 Å². The number of hydrogen-bond donors (Lipinski definition) is 1. The molecule has 0 bridgehead atoms. The molecule has 124 valence electrons. The summed E-state index contributed by atoms with van der Waals surface area (Å²) in [7, 11) is 0. The van der Waals surface area contributed by atoms with Crippen LogP contribution in [0.25, 0.3) is 0 Å². The summed E-state index contributed by atoms with van der Waals surface area (Å²) in [4.78, 5) is 21.9. The van der Waals surface area contributed by atoms with Gasteiger partial charge in [0.15, 0.2) is 11.5 Å². The van der Waals surface area contributed by atoms with Gasteiger partial charge in [-0.3, -0.25) is 14.9 Å². The minimum Gasteiger partial charge on any atom is -0.483 e. The quantitative estimate of drug-likeness (QED) is 0.685. The van der Waals surface area contributed by atoms with E-state index in [0.717, 1.165) is 18.1 Å². The Morgan fingerprint density at radius 2 is 2.04 bits per heavy atom. The van der Waals surface area contributed by atoms with Gasteiger partial charge in [0.2, 0.25) is 11.7 Å². The van der Waals surface area contributed by atoms with Crippen LogP contribution in [0.5, 0.6) is 17.2 Å². The molecule has 1 aliphatic rings. The Morgan fingerprint density at radius 1 is 1.29 bits per heavy atom. The number of para-hydroxylation sites is 1. The highest BCUT2D eigenvalue weighted by Crippen LogP contribution is 2.44. The first kappa shape index (κ1) is 15.8. The predicted octanol–water partition coefficient (Wildman–Crippen LogP) is 3.20. The van der Waals surface area contributed by atoms with Crippen molar-refractivity contribution in [3.05, 3.63) is 57.6 Å². The van der Waals surface area contributed by atoms with E-state index in [9.17, 15) is 14.9 Å². The lowest BCUT2D eigenvalue weighted by atomic mass is 10.0. The van der Waals surface area contributed by atoms with Gasteiger partial charge in [-0.25, -0.2) is 0 Å². The second kappa shape index (κ2) is 5.52. The van der Waals surface area contributed by atoms with Gasteiger partial charge in [-0.2, -0.15) is 0 Å². The summed E-state index contributed by atoms with van der Waals surface area (Å²) in [6.45, 7) is 3.92. The van der Waals surface area contributed by atoms with Crippen LogP contribution in [-0.2, 0) is 6.42 Å². The largest absolute Gasteiger partial charge is 0.483 e. The summed E-state index contributed by atoms with van der Waals surface area (Å²) in [6, 6.07) is 9.28. The van der Waals surface area contributed by atoms with Gasteiger partial charge >= 0.3 is 5.69 Å². The van der Waals surface area contributed by atoms with Crippen LogP contribution in [0, 0.1) is 10.1 Å². The number of nitro groups is 1. The number of primary amides is 1. The molecule has 3 rings (SSSR count). The van der Waals surface area contributed by atoms with Crippen LogP contribution in [-0.4, -0.2) is 16.4 Å². The molecular formula is C17H16N2O5. The molecule has 1 aliphatic heterocycles. The van der Waals surface area contributed by atoms with E-state index in [0.29, 0.717) is 11.5 Å². The van der Waals surface area contributed by atoms with Gasteiger partial charge in [-0.1, -0.05) is 12.1 Å². The molecule has 0 saturated heterocycles. The van der Waals surface area contributed by atoms with Gasteiger partial charge in [-0.05, 0) is 32.0 Å². The molecule has 1 heterocycles. The molecule has 0 fully saturated rings. The number of rotatable bonds is 4. The highest BCUT2D eigenvalue weighted by molar-refractivity contribution is 5.93.